The number of rotatable bonds is 2. The molecular weight excluding hydrogens is 246 g/mol. The van der Waals surface area contributed by atoms with Gasteiger partial charge < -0.3 is 14.6 Å². The Labute approximate surface area is 107 Å². The Balaban J connectivity index is 2.14. The molecule has 6 heteroatoms. The number of hydrogen-bond acceptors (Lipinski definition) is 6. The molecule has 0 aliphatic rings. The van der Waals surface area contributed by atoms with Gasteiger partial charge in [0, 0.05) is 11.5 Å². The van der Waals surface area contributed by atoms with Crippen molar-refractivity contribution in [2.75, 3.05) is 5.73 Å². The van der Waals surface area contributed by atoms with Crippen LogP contribution in [0.5, 0.6) is 0 Å². The van der Waals surface area contributed by atoms with E-state index in [-0.39, 0.29) is 6.01 Å². The second kappa shape index (κ2) is 4.24. The Hall–Kier alpha value is -2.63. The average molecular weight is 257 g/mol. The number of nitrogens with two attached hydrogens (primary N) is 1. The minimum Gasteiger partial charge on any atom is -0.423 e. The summed E-state index contributed by atoms with van der Waals surface area (Å²) in [5.74, 6) is 0.366. The molecule has 0 aliphatic heterocycles. The molecule has 0 bridgehead atoms. The zero-order valence-electron chi connectivity index (χ0n) is 10.2. The molecule has 19 heavy (non-hydrogen) atoms. The summed E-state index contributed by atoms with van der Waals surface area (Å²) in [5, 5.41) is 8.23. The van der Waals surface area contributed by atoms with Crippen molar-refractivity contribution in [1.82, 2.24) is 10.2 Å². The molecule has 96 valence electrons. The van der Waals surface area contributed by atoms with E-state index in [2.05, 4.69) is 10.2 Å². The van der Waals surface area contributed by atoms with E-state index in [1.807, 2.05) is 25.1 Å². The van der Waals surface area contributed by atoms with E-state index in [1.54, 1.807) is 0 Å². The van der Waals surface area contributed by atoms with Gasteiger partial charge in [-0.05, 0) is 24.1 Å². The van der Waals surface area contributed by atoms with Gasteiger partial charge in [0.05, 0.1) is 6.42 Å². The monoisotopic (exact) mass is 257 g/mol. The maximum atomic E-state index is 11.6. The van der Waals surface area contributed by atoms with E-state index < -0.39 is 5.63 Å². The lowest BCUT2D eigenvalue weighted by Crippen LogP contribution is -2.01. The summed E-state index contributed by atoms with van der Waals surface area (Å²) in [7, 11) is 0. The molecule has 0 spiro atoms. The topological polar surface area (TPSA) is 95.1 Å². The van der Waals surface area contributed by atoms with Gasteiger partial charge in [0.25, 0.3) is 0 Å². The second-order valence-corrected chi connectivity index (χ2v) is 4.30. The normalized spacial score (nSPS) is 11.0. The SMILES string of the molecule is Cc1ccc2c(Cc3nnc(N)o3)cc(=O)oc2c1. The van der Waals surface area contributed by atoms with Gasteiger partial charge in [-0.3, -0.25) is 0 Å². The predicted octanol–water partition coefficient (Wildman–Crippen LogP) is 1.66. The highest BCUT2D eigenvalue weighted by atomic mass is 16.4. The number of fused-ring (bicyclic) bond motifs is 1. The third-order valence-corrected chi connectivity index (χ3v) is 2.81. The predicted molar refractivity (Wildman–Crippen MR) is 68.7 cm³/mol. The molecule has 2 N–H and O–H groups in total. The van der Waals surface area contributed by atoms with Gasteiger partial charge in [0.2, 0.25) is 5.89 Å². The van der Waals surface area contributed by atoms with Crippen LogP contribution in [-0.2, 0) is 6.42 Å². The minimum atomic E-state index is -0.402. The number of nitrogens with zero attached hydrogens (tertiary/aromatic N) is 2. The van der Waals surface area contributed by atoms with Crippen LogP contribution in [0.15, 0.2) is 37.9 Å². The van der Waals surface area contributed by atoms with Crippen molar-refractivity contribution >= 4 is 17.0 Å². The molecule has 3 aromatic rings. The van der Waals surface area contributed by atoms with Gasteiger partial charge in [-0.1, -0.05) is 17.2 Å². The Morgan fingerprint density at radius 3 is 2.79 bits per heavy atom. The van der Waals surface area contributed by atoms with Crippen molar-refractivity contribution in [3.8, 4) is 0 Å². The Bertz CT molecular complexity index is 804. The fourth-order valence-electron chi connectivity index (χ4n) is 1.98. The van der Waals surface area contributed by atoms with Crippen LogP contribution in [0.25, 0.3) is 11.0 Å². The molecule has 0 saturated carbocycles. The van der Waals surface area contributed by atoms with Gasteiger partial charge in [0.1, 0.15) is 5.58 Å². The summed E-state index contributed by atoms with van der Waals surface area (Å²) in [6, 6.07) is 7.12. The summed E-state index contributed by atoms with van der Waals surface area (Å²) < 4.78 is 10.3. The summed E-state index contributed by atoms with van der Waals surface area (Å²) in [4.78, 5) is 11.6. The Kier molecular flexibility index (Phi) is 2.56. The summed E-state index contributed by atoms with van der Waals surface area (Å²) >= 11 is 0. The maximum Gasteiger partial charge on any atom is 0.336 e. The van der Waals surface area contributed by atoms with Crippen LogP contribution in [-0.4, -0.2) is 10.2 Å². The average Bonchev–Trinajstić information content (AvgIpc) is 2.74. The number of aromatic nitrogens is 2. The van der Waals surface area contributed by atoms with Crippen LogP contribution in [0.3, 0.4) is 0 Å². The summed E-state index contributed by atoms with van der Waals surface area (Å²) in [6.07, 6.45) is 0.343. The van der Waals surface area contributed by atoms with E-state index in [4.69, 9.17) is 14.6 Å². The number of nitrogen functional groups attached to an aromatic ring is 1. The van der Waals surface area contributed by atoms with Crippen LogP contribution in [0.1, 0.15) is 17.0 Å². The van der Waals surface area contributed by atoms with E-state index >= 15 is 0 Å². The van der Waals surface area contributed by atoms with Crippen molar-refractivity contribution in [3.05, 3.63) is 51.7 Å². The molecule has 0 amide bonds. The largest absolute Gasteiger partial charge is 0.423 e. The van der Waals surface area contributed by atoms with E-state index in [0.717, 1.165) is 16.5 Å². The lowest BCUT2D eigenvalue weighted by molar-refractivity contribution is 0.520. The van der Waals surface area contributed by atoms with Crippen LogP contribution in [0, 0.1) is 6.92 Å². The van der Waals surface area contributed by atoms with E-state index in [9.17, 15) is 4.79 Å². The third kappa shape index (κ3) is 2.20. The molecule has 0 saturated heterocycles. The number of anilines is 1. The third-order valence-electron chi connectivity index (χ3n) is 2.81. The number of hydrogen-bond donors (Lipinski definition) is 1. The van der Waals surface area contributed by atoms with E-state index in [0.29, 0.717) is 17.9 Å². The highest BCUT2D eigenvalue weighted by Crippen LogP contribution is 2.20. The van der Waals surface area contributed by atoms with Gasteiger partial charge in [-0.2, -0.15) is 0 Å². The fourth-order valence-corrected chi connectivity index (χ4v) is 1.98. The zero-order valence-corrected chi connectivity index (χ0v) is 10.2. The lowest BCUT2D eigenvalue weighted by Gasteiger charge is -2.03. The summed E-state index contributed by atoms with van der Waals surface area (Å²) in [6.45, 7) is 1.94. The molecule has 0 fully saturated rings. The quantitative estimate of drug-likeness (QED) is 0.701. The second-order valence-electron chi connectivity index (χ2n) is 4.30. The van der Waals surface area contributed by atoms with Crippen LogP contribution in [0.4, 0.5) is 6.01 Å². The van der Waals surface area contributed by atoms with Crippen LogP contribution >= 0.6 is 0 Å². The van der Waals surface area contributed by atoms with Gasteiger partial charge in [0.15, 0.2) is 0 Å². The van der Waals surface area contributed by atoms with Crippen LogP contribution < -0.4 is 11.4 Å². The first-order valence-electron chi connectivity index (χ1n) is 5.73. The van der Waals surface area contributed by atoms with Gasteiger partial charge >= 0.3 is 11.6 Å². The molecule has 2 heterocycles. The molecule has 0 radical (unpaired) electrons. The van der Waals surface area contributed by atoms with Crippen molar-refractivity contribution < 1.29 is 8.83 Å². The van der Waals surface area contributed by atoms with Gasteiger partial charge in [-0.15, -0.1) is 5.10 Å². The molecule has 3 rings (SSSR count). The van der Waals surface area contributed by atoms with Crippen molar-refractivity contribution in [1.29, 1.82) is 0 Å². The zero-order chi connectivity index (χ0) is 13.4. The summed E-state index contributed by atoms with van der Waals surface area (Å²) in [5.41, 5.74) is 7.32. The molecule has 0 aliphatic carbocycles. The number of benzene rings is 1. The van der Waals surface area contributed by atoms with Crippen molar-refractivity contribution in [2.24, 2.45) is 0 Å². The Morgan fingerprint density at radius 2 is 2.05 bits per heavy atom. The highest BCUT2D eigenvalue weighted by Gasteiger charge is 2.10. The highest BCUT2D eigenvalue weighted by molar-refractivity contribution is 5.81. The standard InChI is InChI=1S/C13H11N3O3/c1-7-2-3-9-8(5-11-15-16-13(14)19-11)6-12(17)18-10(9)4-7/h2-4,6H,5H2,1H3,(H2,14,16). The van der Waals surface area contributed by atoms with Crippen LogP contribution in [0.2, 0.25) is 0 Å². The van der Waals surface area contributed by atoms with Gasteiger partial charge in [-0.25, -0.2) is 4.79 Å². The lowest BCUT2D eigenvalue weighted by atomic mass is 10.1. The Morgan fingerprint density at radius 1 is 1.21 bits per heavy atom. The first-order valence-corrected chi connectivity index (χ1v) is 5.73. The van der Waals surface area contributed by atoms with Crippen molar-refractivity contribution in [3.63, 3.8) is 0 Å². The minimum absolute atomic E-state index is 0.0121. The molecule has 1 aromatic carbocycles. The smallest absolute Gasteiger partial charge is 0.336 e. The first-order chi connectivity index (χ1) is 9.11. The molecular formula is C13H11N3O3. The molecule has 2 aromatic heterocycles. The fraction of sp³-hybridized carbons (Fsp3) is 0.154. The number of aryl methyl sites for hydroxylation is 1. The van der Waals surface area contributed by atoms with E-state index in [1.165, 1.54) is 6.07 Å². The molecule has 6 nitrogen and oxygen atoms in total. The molecule has 0 atom stereocenters. The first kappa shape index (κ1) is 11.5. The maximum absolute atomic E-state index is 11.6. The molecule has 0 unspecified atom stereocenters. The van der Waals surface area contributed by atoms with Crippen molar-refractivity contribution in [2.45, 2.75) is 13.3 Å².